The molecule has 0 atom stereocenters. The van der Waals surface area contributed by atoms with Crippen LogP contribution in [-0.2, 0) is 0 Å². The fraction of sp³-hybridized carbons (Fsp3) is 0.500. The number of halogens is 15. The number of ketones is 1. The van der Waals surface area contributed by atoms with E-state index in [0.717, 1.165) is 6.07 Å². The van der Waals surface area contributed by atoms with E-state index >= 15 is 0 Å². The molecular formula is C14H5F15O2. The highest BCUT2D eigenvalue weighted by Gasteiger charge is 2.94. The molecule has 2 nitrogen and oxygen atoms in total. The van der Waals surface area contributed by atoms with Crippen LogP contribution in [-0.4, -0.2) is 52.6 Å². The lowest BCUT2D eigenvalue weighted by molar-refractivity contribution is -0.449. The fourth-order valence-corrected chi connectivity index (χ4v) is 1.94. The number of phenolic OH excluding ortho intramolecular Hbond substituents is 1. The van der Waals surface area contributed by atoms with E-state index in [2.05, 4.69) is 0 Å². The Labute approximate surface area is 160 Å². The summed E-state index contributed by atoms with van der Waals surface area (Å²) in [5.74, 6) is -53.6. The molecule has 31 heavy (non-hydrogen) atoms. The van der Waals surface area contributed by atoms with Gasteiger partial charge in [-0.05, 0) is 12.1 Å². The molecule has 17 heteroatoms. The highest BCUT2D eigenvalue weighted by molar-refractivity contribution is 6.04. The second-order valence-corrected chi connectivity index (χ2v) is 5.79. The summed E-state index contributed by atoms with van der Waals surface area (Å²) in [6.45, 7) is 0. The number of carbonyl (C=O) groups is 1. The van der Waals surface area contributed by atoms with Gasteiger partial charge in [-0.15, -0.1) is 0 Å². The van der Waals surface area contributed by atoms with E-state index in [4.69, 9.17) is 5.11 Å². The van der Waals surface area contributed by atoms with E-state index in [-0.39, 0.29) is 6.07 Å². The van der Waals surface area contributed by atoms with Crippen molar-refractivity contribution in [1.29, 1.82) is 0 Å². The van der Waals surface area contributed by atoms with Crippen LogP contribution in [0.4, 0.5) is 65.9 Å². The van der Waals surface area contributed by atoms with Gasteiger partial charge in [0.1, 0.15) is 5.75 Å². The van der Waals surface area contributed by atoms with Gasteiger partial charge < -0.3 is 5.11 Å². The lowest BCUT2D eigenvalue weighted by atomic mass is 9.88. The molecule has 0 saturated heterocycles. The highest BCUT2D eigenvalue weighted by Crippen LogP contribution is 2.62. The average Bonchev–Trinajstić information content (AvgIpc) is 2.59. The number of hydrogen-bond acceptors (Lipinski definition) is 2. The van der Waals surface area contributed by atoms with Crippen LogP contribution in [0.25, 0.3) is 0 Å². The summed E-state index contributed by atoms with van der Waals surface area (Å²) in [4.78, 5) is 11.4. The van der Waals surface area contributed by atoms with Crippen LogP contribution >= 0.6 is 0 Å². The number of rotatable bonds is 7. The number of para-hydroxylation sites is 1. The summed E-state index contributed by atoms with van der Waals surface area (Å²) < 4.78 is 196. The summed E-state index contributed by atoms with van der Waals surface area (Å²) in [6.07, 6.45) is -7.71. The first kappa shape index (κ1) is 26.7. The van der Waals surface area contributed by atoms with E-state index in [0.29, 0.717) is 12.1 Å². The van der Waals surface area contributed by atoms with Crippen LogP contribution in [0.2, 0.25) is 0 Å². The Morgan fingerprint density at radius 3 is 1.32 bits per heavy atom. The first-order valence-corrected chi connectivity index (χ1v) is 7.09. The van der Waals surface area contributed by atoms with Gasteiger partial charge in [-0.3, -0.25) is 4.79 Å². The molecule has 0 spiro atoms. The Kier molecular flexibility index (Phi) is 6.09. The molecule has 0 aliphatic heterocycles. The molecule has 0 aromatic heterocycles. The summed E-state index contributed by atoms with van der Waals surface area (Å²) in [6, 6.07) is 1.74. The third kappa shape index (κ3) is 3.44. The monoisotopic (exact) mass is 490 g/mol. The second-order valence-electron chi connectivity index (χ2n) is 5.79. The Hall–Kier alpha value is -2.36. The Morgan fingerprint density at radius 2 is 0.935 bits per heavy atom. The highest BCUT2D eigenvalue weighted by atomic mass is 19.4. The van der Waals surface area contributed by atoms with Gasteiger partial charge in [0.2, 0.25) is 5.78 Å². The molecule has 1 rings (SSSR count). The molecule has 1 aromatic carbocycles. The number of benzene rings is 1. The molecule has 0 aliphatic rings. The van der Waals surface area contributed by atoms with Gasteiger partial charge in [-0.25, -0.2) is 0 Å². The first-order chi connectivity index (χ1) is 13.4. The van der Waals surface area contributed by atoms with E-state index < -0.39 is 58.8 Å². The molecule has 1 aromatic rings. The molecule has 0 radical (unpaired) electrons. The Balaban J connectivity index is 3.65. The predicted octanol–water partition coefficient (Wildman–Crippen LogP) is 5.95. The van der Waals surface area contributed by atoms with E-state index in [1.807, 2.05) is 0 Å². The molecular weight excluding hydrogens is 485 g/mol. The predicted molar refractivity (Wildman–Crippen MR) is 68.2 cm³/mol. The van der Waals surface area contributed by atoms with E-state index in [1.165, 1.54) is 0 Å². The molecule has 0 aliphatic carbocycles. The third-order valence-corrected chi connectivity index (χ3v) is 3.76. The van der Waals surface area contributed by atoms with Crippen molar-refractivity contribution in [3.8, 4) is 5.75 Å². The van der Waals surface area contributed by atoms with Crippen LogP contribution in [0.1, 0.15) is 10.4 Å². The number of Topliss-reactive ketones (excluding diaryl/α,β-unsaturated/α-hetero) is 1. The molecule has 0 unspecified atom stereocenters. The van der Waals surface area contributed by atoms with E-state index in [1.54, 1.807) is 0 Å². The van der Waals surface area contributed by atoms with Crippen LogP contribution in [0.3, 0.4) is 0 Å². The van der Waals surface area contributed by atoms with Crippen LogP contribution < -0.4 is 0 Å². The van der Waals surface area contributed by atoms with Crippen molar-refractivity contribution in [2.24, 2.45) is 0 Å². The molecule has 0 bridgehead atoms. The second kappa shape index (κ2) is 7.08. The lowest BCUT2D eigenvalue weighted by Gasteiger charge is -2.41. The number of phenols is 1. The average molecular weight is 490 g/mol. The number of carbonyl (C=O) groups excluding carboxylic acids is 1. The molecule has 0 fully saturated rings. The smallest absolute Gasteiger partial charge is 0.460 e. The zero-order valence-electron chi connectivity index (χ0n) is 13.8. The van der Waals surface area contributed by atoms with Crippen molar-refractivity contribution in [2.45, 2.75) is 41.7 Å². The molecule has 0 heterocycles. The molecule has 1 N–H and O–H groups in total. The molecule has 178 valence electrons. The van der Waals surface area contributed by atoms with Gasteiger partial charge in [0.05, 0.1) is 5.56 Å². The first-order valence-electron chi connectivity index (χ1n) is 7.09. The topological polar surface area (TPSA) is 37.3 Å². The Morgan fingerprint density at radius 1 is 0.581 bits per heavy atom. The summed E-state index contributed by atoms with van der Waals surface area (Å²) in [5.41, 5.74) is -1.92. The standard InChI is InChI=1S/C14H5F15O2/c15-8(16,7(31)5-3-1-2-4-6(5)30)9(17,18)10(19,20)11(21,22)12(23,24)13(25,26)14(27,28)29/h1-4,30H. The molecule has 0 amide bonds. The van der Waals surface area contributed by atoms with Crippen molar-refractivity contribution in [1.82, 2.24) is 0 Å². The minimum Gasteiger partial charge on any atom is -0.507 e. The molecule has 0 saturated carbocycles. The van der Waals surface area contributed by atoms with Gasteiger partial charge in [-0.2, -0.15) is 65.9 Å². The van der Waals surface area contributed by atoms with Crippen molar-refractivity contribution in [2.75, 3.05) is 0 Å². The van der Waals surface area contributed by atoms with Crippen molar-refractivity contribution in [3.05, 3.63) is 29.8 Å². The normalized spacial score (nSPS) is 15.2. The number of hydrogen-bond donors (Lipinski definition) is 1. The maximum absolute atomic E-state index is 13.7. The fourth-order valence-electron chi connectivity index (χ4n) is 1.94. The maximum atomic E-state index is 13.7. The van der Waals surface area contributed by atoms with Gasteiger partial charge in [0.15, 0.2) is 0 Å². The minimum atomic E-state index is -8.48. The number of aromatic hydroxyl groups is 1. The van der Waals surface area contributed by atoms with Crippen LogP contribution in [0.5, 0.6) is 5.75 Å². The van der Waals surface area contributed by atoms with Crippen molar-refractivity contribution >= 4 is 5.78 Å². The SMILES string of the molecule is O=C(c1ccccc1O)C(F)(F)C(F)(F)C(F)(F)C(F)(F)C(F)(F)C(F)(F)C(F)(F)F. The number of alkyl halides is 15. The van der Waals surface area contributed by atoms with E-state index in [9.17, 15) is 70.7 Å². The third-order valence-electron chi connectivity index (χ3n) is 3.76. The summed E-state index contributed by atoms with van der Waals surface area (Å²) >= 11 is 0. The largest absolute Gasteiger partial charge is 0.507 e. The van der Waals surface area contributed by atoms with Crippen molar-refractivity contribution in [3.63, 3.8) is 0 Å². The summed E-state index contributed by atoms with van der Waals surface area (Å²) in [7, 11) is 0. The zero-order chi connectivity index (χ0) is 25.1. The Bertz CT molecular complexity index is 840. The van der Waals surface area contributed by atoms with Gasteiger partial charge in [0, 0.05) is 0 Å². The van der Waals surface area contributed by atoms with Gasteiger partial charge >= 0.3 is 41.7 Å². The lowest BCUT2D eigenvalue weighted by Crippen LogP contribution is -2.73. The van der Waals surface area contributed by atoms with Gasteiger partial charge in [0.25, 0.3) is 0 Å². The zero-order valence-corrected chi connectivity index (χ0v) is 13.8. The van der Waals surface area contributed by atoms with Gasteiger partial charge in [-0.1, -0.05) is 12.1 Å². The minimum absolute atomic E-state index is 0.0738. The van der Waals surface area contributed by atoms with Crippen LogP contribution in [0, 0.1) is 0 Å². The quantitative estimate of drug-likeness (QED) is 0.379. The van der Waals surface area contributed by atoms with Crippen LogP contribution in [0.15, 0.2) is 24.3 Å². The summed E-state index contributed by atoms with van der Waals surface area (Å²) in [5, 5.41) is 9.12. The maximum Gasteiger partial charge on any atom is 0.460 e. The van der Waals surface area contributed by atoms with Crippen molar-refractivity contribution < 1.29 is 75.8 Å².